The normalized spacial score (nSPS) is 24.1. The highest BCUT2D eigenvalue weighted by molar-refractivity contribution is 7.93. The molecule has 0 unspecified atom stereocenters. The molecular formula is C25H24Cl2N2O3S. The molecule has 5 nitrogen and oxygen atoms in total. The fourth-order valence-electron chi connectivity index (χ4n) is 5.36. The number of halogens is 2. The number of piperidine rings is 1. The van der Waals surface area contributed by atoms with Gasteiger partial charge in [0.2, 0.25) is 0 Å². The zero-order valence-electron chi connectivity index (χ0n) is 17.9. The van der Waals surface area contributed by atoms with E-state index >= 15 is 0 Å². The minimum atomic E-state index is 0.218. The molecule has 1 aromatic heterocycles. The standard InChI is InChI=1S/C25H24Cl2N2O3S/c26-20-2-1-3-21(27)23(20)24-19(25(32-28-24)14-4-5-14)13-31-22-11-17-10-15(22)12-29(17)16-6-8-18(33-30)9-7-16/h1-3,6-9,14-15,17,22,30H,4-5,10-13H2/t15-,17-,22+/m0/s1. The summed E-state index contributed by atoms with van der Waals surface area (Å²) in [6.45, 7) is 1.45. The van der Waals surface area contributed by atoms with E-state index in [4.69, 9.17) is 32.5 Å². The van der Waals surface area contributed by atoms with Gasteiger partial charge < -0.3 is 18.7 Å². The molecule has 0 amide bonds. The average molecular weight is 503 g/mol. The number of fused-ring (bicyclic) bond motifs is 2. The molecule has 6 rings (SSSR count). The Hall–Kier alpha value is -1.70. The van der Waals surface area contributed by atoms with Crippen molar-refractivity contribution in [2.75, 3.05) is 11.4 Å². The zero-order chi connectivity index (χ0) is 22.5. The molecule has 33 heavy (non-hydrogen) atoms. The predicted octanol–water partition coefficient (Wildman–Crippen LogP) is 7.27. The first-order valence-corrected chi connectivity index (χ1v) is 12.9. The van der Waals surface area contributed by atoms with Crippen LogP contribution in [0.4, 0.5) is 5.69 Å². The van der Waals surface area contributed by atoms with Crippen LogP contribution in [-0.4, -0.2) is 28.4 Å². The molecule has 8 heteroatoms. The third kappa shape index (κ3) is 4.06. The highest BCUT2D eigenvalue weighted by Crippen LogP contribution is 2.47. The first kappa shape index (κ1) is 21.8. The SMILES string of the molecule is OSc1ccc(N2C[C@@H]3C[C@H]2C[C@H]3OCc2c(-c3c(Cl)cccc3Cl)noc2C2CC2)cc1. The minimum absolute atomic E-state index is 0.218. The molecule has 2 aliphatic carbocycles. The second-order valence-electron chi connectivity index (χ2n) is 9.22. The molecule has 2 heterocycles. The van der Waals surface area contributed by atoms with Crippen LogP contribution < -0.4 is 4.90 Å². The van der Waals surface area contributed by atoms with Crippen LogP contribution in [0.1, 0.15) is 42.9 Å². The van der Waals surface area contributed by atoms with Crippen molar-refractivity contribution in [1.82, 2.24) is 5.16 Å². The number of benzene rings is 2. The van der Waals surface area contributed by atoms with Crippen LogP contribution in [0, 0.1) is 5.92 Å². The molecule has 2 saturated carbocycles. The van der Waals surface area contributed by atoms with Gasteiger partial charge in [0.25, 0.3) is 0 Å². The summed E-state index contributed by atoms with van der Waals surface area (Å²) in [5.74, 6) is 1.84. The maximum atomic E-state index is 9.21. The minimum Gasteiger partial charge on any atom is -0.373 e. The van der Waals surface area contributed by atoms with E-state index < -0.39 is 0 Å². The maximum absolute atomic E-state index is 9.21. The maximum Gasteiger partial charge on any atom is 0.145 e. The summed E-state index contributed by atoms with van der Waals surface area (Å²) in [5.41, 5.74) is 3.63. The number of rotatable bonds is 7. The molecule has 172 valence electrons. The molecule has 1 N–H and O–H groups in total. The van der Waals surface area contributed by atoms with E-state index in [1.54, 1.807) is 0 Å². The van der Waals surface area contributed by atoms with Crippen LogP contribution in [0.5, 0.6) is 0 Å². The summed E-state index contributed by atoms with van der Waals surface area (Å²) in [5, 5.41) is 5.52. The largest absolute Gasteiger partial charge is 0.373 e. The fourth-order valence-corrected chi connectivity index (χ4v) is 6.20. The second-order valence-corrected chi connectivity index (χ2v) is 10.7. The molecule has 1 saturated heterocycles. The van der Waals surface area contributed by atoms with Crippen molar-refractivity contribution in [2.45, 2.75) is 55.2 Å². The quantitative estimate of drug-likeness (QED) is 0.342. The Morgan fingerprint density at radius 2 is 1.85 bits per heavy atom. The third-order valence-corrected chi connectivity index (χ3v) is 8.27. The van der Waals surface area contributed by atoms with Gasteiger partial charge in [-0.2, -0.15) is 0 Å². The Kier molecular flexibility index (Phi) is 5.83. The van der Waals surface area contributed by atoms with Gasteiger partial charge in [-0.1, -0.05) is 34.4 Å². The first-order chi connectivity index (χ1) is 16.1. The van der Waals surface area contributed by atoms with E-state index in [0.29, 0.717) is 40.2 Å². The summed E-state index contributed by atoms with van der Waals surface area (Å²) < 4.78 is 21.5. The lowest BCUT2D eigenvalue weighted by molar-refractivity contribution is 0.0122. The molecule has 3 aromatic rings. The highest BCUT2D eigenvalue weighted by Gasteiger charge is 2.45. The van der Waals surface area contributed by atoms with Gasteiger partial charge in [-0.05, 0) is 62.1 Å². The Morgan fingerprint density at radius 3 is 2.48 bits per heavy atom. The van der Waals surface area contributed by atoms with Gasteiger partial charge in [-0.25, -0.2) is 0 Å². The van der Waals surface area contributed by atoms with E-state index in [0.717, 1.165) is 66.1 Å². The number of hydrogen-bond acceptors (Lipinski definition) is 6. The van der Waals surface area contributed by atoms with Gasteiger partial charge in [0.15, 0.2) is 0 Å². The molecular weight excluding hydrogens is 479 g/mol. The van der Waals surface area contributed by atoms with Gasteiger partial charge in [-0.3, -0.25) is 0 Å². The number of nitrogens with zero attached hydrogens (tertiary/aromatic N) is 2. The van der Waals surface area contributed by atoms with Crippen molar-refractivity contribution < 1.29 is 13.8 Å². The molecule has 3 aliphatic rings. The number of aromatic nitrogens is 1. The third-order valence-electron chi connectivity index (χ3n) is 7.16. The van der Waals surface area contributed by atoms with E-state index in [9.17, 15) is 4.55 Å². The number of anilines is 1. The van der Waals surface area contributed by atoms with Crippen molar-refractivity contribution in [3.8, 4) is 11.3 Å². The summed E-state index contributed by atoms with van der Waals surface area (Å²) in [6.07, 6.45) is 4.61. The van der Waals surface area contributed by atoms with Gasteiger partial charge in [-0.15, -0.1) is 0 Å². The Morgan fingerprint density at radius 1 is 1.09 bits per heavy atom. The van der Waals surface area contributed by atoms with Crippen molar-refractivity contribution >= 4 is 40.9 Å². The zero-order valence-corrected chi connectivity index (χ0v) is 20.2. The molecule has 0 radical (unpaired) electrons. The summed E-state index contributed by atoms with van der Waals surface area (Å²) >= 11 is 13.8. The van der Waals surface area contributed by atoms with E-state index in [-0.39, 0.29) is 6.10 Å². The van der Waals surface area contributed by atoms with Crippen LogP contribution >= 0.6 is 35.2 Å². The van der Waals surface area contributed by atoms with Crippen LogP contribution in [0.15, 0.2) is 51.9 Å². The highest BCUT2D eigenvalue weighted by atomic mass is 35.5. The second kappa shape index (κ2) is 8.82. The van der Waals surface area contributed by atoms with Crippen molar-refractivity contribution in [3.63, 3.8) is 0 Å². The molecule has 3 fully saturated rings. The molecule has 3 atom stereocenters. The van der Waals surface area contributed by atoms with Gasteiger partial charge in [0.1, 0.15) is 11.5 Å². The van der Waals surface area contributed by atoms with Crippen LogP contribution in [0.3, 0.4) is 0 Å². The van der Waals surface area contributed by atoms with Crippen LogP contribution in [0.25, 0.3) is 11.3 Å². The van der Waals surface area contributed by atoms with Gasteiger partial charge >= 0.3 is 0 Å². The topological polar surface area (TPSA) is 58.7 Å². The molecule has 2 bridgehead atoms. The van der Waals surface area contributed by atoms with Crippen molar-refractivity contribution in [1.29, 1.82) is 0 Å². The molecule has 2 aromatic carbocycles. The Balaban J connectivity index is 1.18. The Bertz CT molecular complexity index is 1140. The van der Waals surface area contributed by atoms with Crippen molar-refractivity contribution in [3.05, 3.63) is 63.8 Å². The van der Waals surface area contributed by atoms with Crippen molar-refractivity contribution in [2.24, 2.45) is 5.92 Å². The van der Waals surface area contributed by atoms with E-state index in [2.05, 4.69) is 22.2 Å². The first-order valence-electron chi connectivity index (χ1n) is 11.3. The van der Waals surface area contributed by atoms with Gasteiger partial charge in [0, 0.05) is 58.2 Å². The lowest BCUT2D eigenvalue weighted by atomic mass is 10.0. The van der Waals surface area contributed by atoms with Crippen LogP contribution in [-0.2, 0) is 11.3 Å². The Labute approximate surface area is 207 Å². The average Bonchev–Trinajstić information content (AvgIpc) is 3.28. The number of hydrogen-bond donors (Lipinski definition) is 1. The molecule has 1 aliphatic heterocycles. The predicted molar refractivity (Wildman–Crippen MR) is 131 cm³/mol. The van der Waals surface area contributed by atoms with E-state index in [1.807, 2.05) is 30.3 Å². The van der Waals surface area contributed by atoms with E-state index in [1.165, 1.54) is 5.69 Å². The summed E-state index contributed by atoms with van der Waals surface area (Å²) in [7, 11) is 0. The lowest BCUT2D eigenvalue weighted by Crippen LogP contribution is -2.38. The van der Waals surface area contributed by atoms with Crippen LogP contribution in [0.2, 0.25) is 10.0 Å². The fraction of sp³-hybridized carbons (Fsp3) is 0.400. The van der Waals surface area contributed by atoms with Gasteiger partial charge in [0.05, 0.1) is 22.8 Å². The number of ether oxygens (including phenoxy) is 1. The molecule has 0 spiro atoms. The summed E-state index contributed by atoms with van der Waals surface area (Å²) in [6, 6.07) is 14.1. The lowest BCUT2D eigenvalue weighted by Gasteiger charge is -2.33. The smallest absolute Gasteiger partial charge is 0.145 e. The summed E-state index contributed by atoms with van der Waals surface area (Å²) in [4.78, 5) is 3.33. The monoisotopic (exact) mass is 502 g/mol.